The molecule has 11 heteroatoms. The first-order chi connectivity index (χ1) is 17.7. The second-order valence-electron chi connectivity index (χ2n) is 11.8. The predicted molar refractivity (Wildman–Crippen MR) is 149 cm³/mol. The number of nitrogens with one attached hydrogen (secondary N) is 1. The molecule has 3 heterocycles. The number of rotatable bonds is 10. The summed E-state index contributed by atoms with van der Waals surface area (Å²) in [6.45, 7) is 13.0. The van der Waals surface area contributed by atoms with Gasteiger partial charge in [0.05, 0.1) is 22.9 Å². The van der Waals surface area contributed by atoms with Crippen LogP contribution in [0.4, 0.5) is 4.39 Å². The number of fused-ring (bicyclic) bond motifs is 2. The second-order valence-corrected chi connectivity index (χ2v) is 17.4. The highest BCUT2D eigenvalue weighted by Gasteiger charge is 2.24. The van der Waals surface area contributed by atoms with Gasteiger partial charge in [-0.15, -0.1) is 0 Å². The lowest BCUT2D eigenvalue weighted by Crippen LogP contribution is -2.38. The van der Waals surface area contributed by atoms with Crippen LogP contribution in [0.5, 0.6) is 0 Å². The monoisotopic (exact) mass is 540 g/mol. The van der Waals surface area contributed by atoms with Crippen LogP contribution in [0.3, 0.4) is 0 Å². The van der Waals surface area contributed by atoms with E-state index >= 15 is 0 Å². The van der Waals surface area contributed by atoms with E-state index in [4.69, 9.17) is 9.72 Å². The number of hydrogen-bond donors (Lipinski definition) is 2. The molecule has 0 saturated heterocycles. The Bertz CT molecular complexity index is 1470. The van der Waals surface area contributed by atoms with Gasteiger partial charge in [0, 0.05) is 39.4 Å². The number of nitrogens with zero attached hydrogens (tertiary/aromatic N) is 5. The van der Waals surface area contributed by atoms with Gasteiger partial charge in [-0.1, -0.05) is 19.6 Å². The molecule has 0 unspecified atom stereocenters. The summed E-state index contributed by atoms with van der Waals surface area (Å²) in [7, 11) is 0.496. The van der Waals surface area contributed by atoms with Crippen molar-refractivity contribution in [2.45, 2.75) is 71.3 Å². The summed E-state index contributed by atoms with van der Waals surface area (Å²) in [5, 5.41) is 18.4. The number of amides is 1. The van der Waals surface area contributed by atoms with Crippen LogP contribution in [0.2, 0.25) is 25.7 Å². The minimum absolute atomic E-state index is 0.243. The zero-order valence-electron chi connectivity index (χ0n) is 23.2. The Balaban J connectivity index is 1.72. The van der Waals surface area contributed by atoms with E-state index in [9.17, 15) is 14.3 Å². The molecule has 0 fully saturated rings. The molecular formula is C27H37FN6O3Si. The zero-order valence-corrected chi connectivity index (χ0v) is 24.2. The van der Waals surface area contributed by atoms with Gasteiger partial charge in [0.1, 0.15) is 29.5 Å². The summed E-state index contributed by atoms with van der Waals surface area (Å²) in [6, 6.07) is 5.24. The van der Waals surface area contributed by atoms with Gasteiger partial charge in [-0.2, -0.15) is 5.10 Å². The lowest BCUT2D eigenvalue weighted by atomic mass is 10.00. The third-order valence-corrected chi connectivity index (χ3v) is 7.98. The number of ether oxygens (including phenoxy) is 1. The molecule has 4 aromatic rings. The van der Waals surface area contributed by atoms with Crippen LogP contribution in [0.15, 0.2) is 30.6 Å². The molecule has 1 amide bonds. The van der Waals surface area contributed by atoms with E-state index in [1.54, 1.807) is 48.6 Å². The van der Waals surface area contributed by atoms with E-state index in [0.717, 1.165) is 11.4 Å². The largest absolute Gasteiger partial charge is 0.390 e. The van der Waals surface area contributed by atoms with Crippen LogP contribution in [0.25, 0.3) is 33.5 Å². The summed E-state index contributed by atoms with van der Waals surface area (Å²) in [5.41, 5.74) is 2.05. The zero-order chi connectivity index (χ0) is 27.8. The summed E-state index contributed by atoms with van der Waals surface area (Å²) in [6.07, 6.45) is 3.72. The average molecular weight is 541 g/mol. The lowest BCUT2D eigenvalue weighted by Gasteiger charge is -2.22. The Morgan fingerprint density at radius 2 is 2.03 bits per heavy atom. The van der Waals surface area contributed by atoms with Crippen molar-refractivity contribution in [1.29, 1.82) is 0 Å². The Labute approximate surface area is 223 Å². The maximum Gasteiger partial charge on any atom is 0.255 e. The van der Waals surface area contributed by atoms with Gasteiger partial charge in [0.15, 0.2) is 5.65 Å². The third-order valence-electron chi connectivity index (χ3n) is 6.28. The Hall–Kier alpha value is -3.15. The molecule has 0 aliphatic heterocycles. The van der Waals surface area contributed by atoms with E-state index in [2.05, 4.69) is 35.0 Å². The highest BCUT2D eigenvalue weighted by atomic mass is 28.3. The van der Waals surface area contributed by atoms with E-state index in [-0.39, 0.29) is 24.5 Å². The molecule has 3 aromatic heterocycles. The van der Waals surface area contributed by atoms with Gasteiger partial charge in [0.2, 0.25) is 0 Å². The molecule has 0 saturated carbocycles. The van der Waals surface area contributed by atoms with E-state index in [0.29, 0.717) is 46.7 Å². The summed E-state index contributed by atoms with van der Waals surface area (Å²) < 4.78 is 23.2. The van der Waals surface area contributed by atoms with Crippen molar-refractivity contribution in [2.24, 2.45) is 7.05 Å². The number of aromatic nitrogens is 5. The Morgan fingerprint density at radius 1 is 1.29 bits per heavy atom. The number of halogens is 1. The average Bonchev–Trinajstić information content (AvgIpc) is 3.32. The van der Waals surface area contributed by atoms with Crippen molar-refractivity contribution >= 4 is 36.0 Å². The first-order valence-corrected chi connectivity index (χ1v) is 16.5. The van der Waals surface area contributed by atoms with Crippen LogP contribution < -0.4 is 5.32 Å². The quantitative estimate of drug-likeness (QED) is 0.223. The molecule has 0 spiro atoms. The number of aliphatic hydroxyl groups is 1. The highest BCUT2D eigenvalue weighted by molar-refractivity contribution is 6.76. The maximum atomic E-state index is 13.8. The molecule has 9 nitrogen and oxygen atoms in total. The Kier molecular flexibility index (Phi) is 7.73. The predicted octanol–water partition coefficient (Wildman–Crippen LogP) is 4.72. The van der Waals surface area contributed by atoms with Crippen molar-refractivity contribution in [1.82, 2.24) is 29.6 Å². The molecule has 0 aliphatic rings. The van der Waals surface area contributed by atoms with Gasteiger partial charge in [-0.25, -0.2) is 14.4 Å². The number of aryl methyl sites for hydroxylation is 1. The second kappa shape index (κ2) is 10.5. The van der Waals surface area contributed by atoms with Gasteiger partial charge < -0.3 is 19.7 Å². The topological polar surface area (TPSA) is 107 Å². The summed E-state index contributed by atoms with van der Waals surface area (Å²) >= 11 is 0. The van der Waals surface area contributed by atoms with E-state index in [1.807, 2.05) is 6.92 Å². The number of carbonyl (C=O) groups is 1. The third kappa shape index (κ3) is 6.45. The van der Waals surface area contributed by atoms with Gasteiger partial charge in [0.25, 0.3) is 5.91 Å². The molecule has 0 radical (unpaired) electrons. The molecule has 204 valence electrons. The fourth-order valence-electron chi connectivity index (χ4n) is 4.49. The standard InChI is InChI=1S/C27H37FN6O3Si/c1-17(13-27(2,3)36)30-26(35)20-15-34(16-37-10-11-38(5,6)7)25-24(20)31-21(14-29-25)23-19-9-8-18(28)12-22(19)33(4)32-23/h8-9,12,14-15,17,36H,10-11,13,16H2,1-7H3,(H,30,35)/t17-/m0/s1. The fourth-order valence-corrected chi connectivity index (χ4v) is 5.25. The highest BCUT2D eigenvalue weighted by Crippen LogP contribution is 2.29. The molecule has 0 bridgehead atoms. The molecule has 4 rings (SSSR count). The van der Waals surface area contributed by atoms with Crippen molar-refractivity contribution < 1.29 is 19.0 Å². The first-order valence-electron chi connectivity index (χ1n) is 12.8. The van der Waals surface area contributed by atoms with Gasteiger partial charge >= 0.3 is 0 Å². The first kappa shape index (κ1) is 27.9. The minimum atomic E-state index is -1.25. The molecule has 0 aliphatic carbocycles. The molecule has 38 heavy (non-hydrogen) atoms. The summed E-state index contributed by atoms with van der Waals surface area (Å²) in [4.78, 5) is 22.8. The molecule has 1 aromatic carbocycles. The SMILES string of the molecule is C[C@@H](CC(C)(C)O)NC(=O)c1cn(COCC[Si](C)(C)C)c2ncc(-c3nn(C)c4cc(F)ccc34)nc12. The van der Waals surface area contributed by atoms with Crippen LogP contribution in [0.1, 0.15) is 37.6 Å². The molecule has 1 atom stereocenters. The van der Waals surface area contributed by atoms with Crippen LogP contribution in [0, 0.1) is 5.82 Å². The van der Waals surface area contributed by atoms with Crippen LogP contribution >= 0.6 is 0 Å². The van der Waals surface area contributed by atoms with Gasteiger partial charge in [-0.05, 0) is 51.4 Å². The van der Waals surface area contributed by atoms with E-state index < -0.39 is 13.7 Å². The number of hydrogen-bond acceptors (Lipinski definition) is 6. The van der Waals surface area contributed by atoms with E-state index in [1.165, 1.54) is 12.1 Å². The summed E-state index contributed by atoms with van der Waals surface area (Å²) in [5.74, 6) is -0.661. The normalized spacial score (nSPS) is 13.4. The van der Waals surface area contributed by atoms with Crippen molar-refractivity contribution in [3.8, 4) is 11.4 Å². The van der Waals surface area contributed by atoms with Crippen molar-refractivity contribution in [3.05, 3.63) is 42.0 Å². The lowest BCUT2D eigenvalue weighted by molar-refractivity contribution is 0.0593. The van der Waals surface area contributed by atoms with Crippen molar-refractivity contribution in [2.75, 3.05) is 6.61 Å². The number of benzene rings is 1. The molecular weight excluding hydrogens is 503 g/mol. The van der Waals surface area contributed by atoms with Crippen LogP contribution in [-0.4, -0.2) is 61.7 Å². The smallest absolute Gasteiger partial charge is 0.255 e. The molecule has 2 N–H and O–H groups in total. The van der Waals surface area contributed by atoms with Crippen LogP contribution in [-0.2, 0) is 18.5 Å². The Morgan fingerprint density at radius 3 is 2.71 bits per heavy atom. The van der Waals surface area contributed by atoms with Crippen molar-refractivity contribution in [3.63, 3.8) is 0 Å². The maximum absolute atomic E-state index is 13.8. The fraction of sp³-hybridized carbons (Fsp3) is 0.481. The minimum Gasteiger partial charge on any atom is -0.390 e. The van der Waals surface area contributed by atoms with Gasteiger partial charge in [-0.3, -0.25) is 9.48 Å². The number of carbonyl (C=O) groups excluding carboxylic acids is 1.